The number of benzene rings is 1. The topological polar surface area (TPSA) is 80.1 Å². The van der Waals surface area contributed by atoms with Gasteiger partial charge in [0.25, 0.3) is 5.91 Å². The minimum absolute atomic E-state index is 0.00866. The van der Waals surface area contributed by atoms with Crippen molar-refractivity contribution >= 4 is 28.5 Å². The maximum absolute atomic E-state index is 13.4. The van der Waals surface area contributed by atoms with Crippen LogP contribution in [0.25, 0.3) is 22.4 Å². The summed E-state index contributed by atoms with van der Waals surface area (Å²) in [6.07, 6.45) is 9.62. The first-order chi connectivity index (χ1) is 15.5. The van der Waals surface area contributed by atoms with Crippen molar-refractivity contribution in [3.05, 3.63) is 42.2 Å². The summed E-state index contributed by atoms with van der Waals surface area (Å²) in [4.78, 5) is 37.1. The molecule has 1 aliphatic carbocycles. The summed E-state index contributed by atoms with van der Waals surface area (Å²) in [6, 6.07) is 7.74. The molecule has 32 heavy (non-hydrogen) atoms. The van der Waals surface area contributed by atoms with Crippen LogP contribution in [-0.4, -0.2) is 43.8 Å². The van der Waals surface area contributed by atoms with Gasteiger partial charge >= 0.3 is 0 Å². The molecule has 0 radical (unpaired) electrons. The first kappa shape index (κ1) is 20.7. The largest absolute Gasteiger partial charge is 0.336 e. The van der Waals surface area contributed by atoms with Gasteiger partial charge in [-0.1, -0.05) is 6.42 Å². The standard InChI is InChI=1S/C25H29N5O2/c1-16-6-3-4-13-30(16)25(32)19-14-20-22(21(15-19)28-24(31)18-7-5-8-18)29(2)23(27-20)17-9-11-26-12-10-17/h9-12,14-16,18H,3-8,13H2,1-2H3,(H,28,31)/t16-/m1/s1. The third-order valence-electron chi connectivity index (χ3n) is 6.95. The van der Waals surface area contributed by atoms with Crippen LogP contribution in [0.15, 0.2) is 36.7 Å². The Hall–Kier alpha value is -3.22. The van der Waals surface area contributed by atoms with Crippen LogP contribution >= 0.6 is 0 Å². The molecule has 1 saturated heterocycles. The fourth-order valence-corrected chi connectivity index (χ4v) is 4.80. The Morgan fingerprint density at radius 2 is 1.84 bits per heavy atom. The van der Waals surface area contributed by atoms with Crippen LogP contribution in [0.5, 0.6) is 0 Å². The molecule has 1 N–H and O–H groups in total. The van der Waals surface area contributed by atoms with Crippen molar-refractivity contribution in [1.82, 2.24) is 19.4 Å². The summed E-state index contributed by atoms with van der Waals surface area (Å²) in [5, 5.41) is 3.12. The van der Waals surface area contributed by atoms with Crippen molar-refractivity contribution in [2.24, 2.45) is 13.0 Å². The monoisotopic (exact) mass is 431 g/mol. The van der Waals surface area contributed by atoms with Crippen LogP contribution < -0.4 is 5.32 Å². The number of likely N-dealkylation sites (tertiary alicyclic amines) is 1. The summed E-state index contributed by atoms with van der Waals surface area (Å²) in [5.74, 6) is 0.867. The average molecular weight is 432 g/mol. The van der Waals surface area contributed by atoms with Crippen LogP contribution in [0.1, 0.15) is 55.8 Å². The van der Waals surface area contributed by atoms with Crippen LogP contribution in [0.3, 0.4) is 0 Å². The number of carbonyl (C=O) groups excluding carboxylic acids is 2. The van der Waals surface area contributed by atoms with E-state index in [2.05, 4.69) is 17.2 Å². The number of anilines is 1. The molecule has 0 bridgehead atoms. The maximum atomic E-state index is 13.4. The number of rotatable bonds is 4. The van der Waals surface area contributed by atoms with E-state index in [9.17, 15) is 9.59 Å². The number of fused-ring (bicyclic) bond motifs is 1. The highest BCUT2D eigenvalue weighted by Crippen LogP contribution is 2.33. The SMILES string of the molecule is C[C@@H]1CCCCN1C(=O)c1cc(NC(=O)C2CCC2)c2c(c1)nc(-c1ccncc1)n2C. The molecular weight excluding hydrogens is 402 g/mol. The lowest BCUT2D eigenvalue weighted by Gasteiger charge is -2.33. The number of hydrogen-bond donors (Lipinski definition) is 1. The van der Waals surface area contributed by atoms with E-state index in [4.69, 9.17) is 4.98 Å². The van der Waals surface area contributed by atoms with Crippen LogP contribution in [-0.2, 0) is 11.8 Å². The van der Waals surface area contributed by atoms with E-state index in [-0.39, 0.29) is 23.8 Å². The second kappa shape index (κ2) is 8.37. The van der Waals surface area contributed by atoms with Gasteiger partial charge in [0.2, 0.25) is 5.91 Å². The lowest BCUT2D eigenvalue weighted by molar-refractivity contribution is -0.122. The molecule has 1 aromatic carbocycles. The van der Waals surface area contributed by atoms with Gasteiger partial charge in [0.15, 0.2) is 0 Å². The predicted molar refractivity (Wildman–Crippen MR) is 124 cm³/mol. The Morgan fingerprint density at radius 1 is 1.06 bits per heavy atom. The van der Waals surface area contributed by atoms with E-state index in [1.165, 1.54) is 0 Å². The zero-order valence-electron chi connectivity index (χ0n) is 18.7. The van der Waals surface area contributed by atoms with E-state index >= 15 is 0 Å². The van der Waals surface area contributed by atoms with E-state index < -0.39 is 0 Å². The number of amides is 2. The summed E-state index contributed by atoms with van der Waals surface area (Å²) in [6.45, 7) is 2.88. The fraction of sp³-hybridized carbons (Fsp3) is 0.440. The molecule has 7 heteroatoms. The van der Waals surface area contributed by atoms with Gasteiger partial charge in [0.05, 0.1) is 16.7 Å². The quantitative estimate of drug-likeness (QED) is 0.664. The third kappa shape index (κ3) is 3.66. The minimum Gasteiger partial charge on any atom is -0.336 e. The Bertz CT molecular complexity index is 1170. The number of carbonyl (C=O) groups is 2. The van der Waals surface area contributed by atoms with Crippen LogP contribution in [0.4, 0.5) is 5.69 Å². The number of nitrogens with one attached hydrogen (secondary N) is 1. The first-order valence-electron chi connectivity index (χ1n) is 11.6. The number of imidazole rings is 1. The molecule has 1 atom stereocenters. The molecule has 3 heterocycles. The number of piperidine rings is 1. The van der Waals surface area contributed by atoms with Gasteiger partial charge in [-0.2, -0.15) is 0 Å². The van der Waals surface area contributed by atoms with E-state index in [1.54, 1.807) is 12.4 Å². The molecular formula is C25H29N5O2. The second-order valence-electron chi connectivity index (χ2n) is 9.08. The number of pyridine rings is 1. The molecule has 2 fully saturated rings. The second-order valence-corrected chi connectivity index (χ2v) is 9.08. The summed E-state index contributed by atoms with van der Waals surface area (Å²) < 4.78 is 1.98. The van der Waals surface area contributed by atoms with Gasteiger partial charge < -0.3 is 14.8 Å². The zero-order chi connectivity index (χ0) is 22.2. The Kier molecular flexibility index (Phi) is 5.41. The Balaban J connectivity index is 1.60. The lowest BCUT2D eigenvalue weighted by atomic mass is 9.85. The van der Waals surface area contributed by atoms with Gasteiger partial charge in [-0.05, 0) is 63.3 Å². The minimum atomic E-state index is 0.00866. The third-order valence-corrected chi connectivity index (χ3v) is 6.95. The summed E-state index contributed by atoms with van der Waals surface area (Å²) >= 11 is 0. The fourth-order valence-electron chi connectivity index (χ4n) is 4.80. The van der Waals surface area contributed by atoms with Crippen molar-refractivity contribution in [3.8, 4) is 11.4 Å². The van der Waals surface area contributed by atoms with Gasteiger partial charge in [-0.15, -0.1) is 0 Å². The van der Waals surface area contributed by atoms with Crippen molar-refractivity contribution in [1.29, 1.82) is 0 Å². The first-order valence-corrected chi connectivity index (χ1v) is 11.6. The van der Waals surface area contributed by atoms with Gasteiger partial charge in [0.1, 0.15) is 5.82 Å². The zero-order valence-corrected chi connectivity index (χ0v) is 18.7. The molecule has 166 valence electrons. The van der Waals surface area contributed by atoms with Crippen molar-refractivity contribution in [2.45, 2.75) is 51.5 Å². The number of hydrogen-bond acceptors (Lipinski definition) is 4. The smallest absolute Gasteiger partial charge is 0.254 e. The highest BCUT2D eigenvalue weighted by atomic mass is 16.2. The number of aryl methyl sites for hydroxylation is 1. The summed E-state index contributed by atoms with van der Waals surface area (Å²) in [5.41, 5.74) is 3.70. The van der Waals surface area contributed by atoms with Crippen LogP contribution in [0.2, 0.25) is 0 Å². The van der Waals surface area contributed by atoms with Crippen molar-refractivity contribution in [3.63, 3.8) is 0 Å². The predicted octanol–water partition coefficient (Wildman–Crippen LogP) is 4.39. The average Bonchev–Trinajstić information content (AvgIpc) is 3.09. The maximum Gasteiger partial charge on any atom is 0.254 e. The molecule has 2 aliphatic rings. The molecule has 3 aromatic rings. The van der Waals surface area contributed by atoms with Crippen molar-refractivity contribution < 1.29 is 9.59 Å². The summed E-state index contributed by atoms with van der Waals surface area (Å²) in [7, 11) is 1.94. The Labute approximate surface area is 187 Å². The molecule has 1 saturated carbocycles. The van der Waals surface area contributed by atoms with Gasteiger partial charge in [0, 0.05) is 49.1 Å². The van der Waals surface area contributed by atoms with Gasteiger partial charge in [-0.3, -0.25) is 14.6 Å². The molecule has 1 aliphatic heterocycles. The normalized spacial score (nSPS) is 19.1. The van der Waals surface area contributed by atoms with E-state index in [1.807, 2.05) is 40.8 Å². The highest BCUT2D eigenvalue weighted by molar-refractivity contribution is 6.06. The molecule has 0 spiro atoms. The Morgan fingerprint density at radius 3 is 2.53 bits per heavy atom. The number of nitrogens with zero attached hydrogens (tertiary/aromatic N) is 4. The highest BCUT2D eigenvalue weighted by Gasteiger charge is 2.29. The van der Waals surface area contributed by atoms with Crippen molar-refractivity contribution in [2.75, 3.05) is 11.9 Å². The molecule has 0 unspecified atom stereocenters. The van der Waals surface area contributed by atoms with E-state index in [0.29, 0.717) is 16.8 Å². The lowest BCUT2D eigenvalue weighted by Crippen LogP contribution is -2.42. The molecule has 2 aromatic heterocycles. The molecule has 5 rings (SSSR count). The van der Waals surface area contributed by atoms with Crippen LogP contribution in [0, 0.1) is 5.92 Å². The molecule has 2 amide bonds. The van der Waals surface area contributed by atoms with Gasteiger partial charge in [-0.25, -0.2) is 4.98 Å². The number of aromatic nitrogens is 3. The van der Waals surface area contributed by atoms with E-state index in [0.717, 1.165) is 62.0 Å². The molecule has 7 nitrogen and oxygen atoms in total.